The van der Waals surface area contributed by atoms with Gasteiger partial charge in [-0.25, -0.2) is 0 Å². The van der Waals surface area contributed by atoms with E-state index in [1.54, 1.807) is 0 Å². The molecule has 0 fully saturated rings. The van der Waals surface area contributed by atoms with E-state index in [2.05, 4.69) is 38.1 Å². The lowest BCUT2D eigenvalue weighted by Gasteiger charge is -1.97. The summed E-state index contributed by atoms with van der Waals surface area (Å²) in [6.07, 6.45) is 1.53. The third-order valence-corrected chi connectivity index (χ3v) is 2.97. The Bertz CT molecular complexity index is 459. The van der Waals surface area contributed by atoms with Gasteiger partial charge in [0.05, 0.1) is 0 Å². The number of hydrogen-bond acceptors (Lipinski definition) is 2. The molecule has 0 radical (unpaired) electrons. The fraction of sp³-hybridized carbons (Fsp3) is 0.333. The molecule has 2 N–H and O–H groups in total. The van der Waals surface area contributed by atoms with Crippen molar-refractivity contribution in [2.24, 2.45) is 0 Å². The van der Waals surface area contributed by atoms with Crippen molar-refractivity contribution in [3.8, 4) is 0 Å². The molecule has 0 saturated heterocycles. The van der Waals surface area contributed by atoms with Crippen molar-refractivity contribution in [1.82, 2.24) is 0 Å². The van der Waals surface area contributed by atoms with Crippen LogP contribution in [0, 0.1) is 13.8 Å². The summed E-state index contributed by atoms with van der Waals surface area (Å²) >= 11 is 0. The first-order valence-electron chi connectivity index (χ1n) is 6.98. The molecule has 0 saturated carbocycles. The minimum atomic E-state index is 0.240. The van der Waals surface area contributed by atoms with Gasteiger partial charge in [0.2, 0.25) is 0 Å². The van der Waals surface area contributed by atoms with Crippen molar-refractivity contribution < 1.29 is 10.2 Å². The van der Waals surface area contributed by atoms with Crippen LogP contribution in [-0.4, -0.2) is 23.4 Å². The van der Waals surface area contributed by atoms with Crippen LogP contribution in [0.15, 0.2) is 48.5 Å². The third kappa shape index (κ3) is 6.50. The van der Waals surface area contributed by atoms with E-state index in [1.165, 1.54) is 22.3 Å². The quantitative estimate of drug-likeness (QED) is 0.898. The summed E-state index contributed by atoms with van der Waals surface area (Å²) in [6, 6.07) is 16.4. The van der Waals surface area contributed by atoms with Gasteiger partial charge in [0.25, 0.3) is 0 Å². The van der Waals surface area contributed by atoms with Gasteiger partial charge in [-0.05, 0) is 37.8 Å². The maximum Gasteiger partial charge on any atom is 0.0471 e. The van der Waals surface area contributed by atoms with Crippen LogP contribution in [0.4, 0.5) is 0 Å². The highest BCUT2D eigenvalue weighted by atomic mass is 16.3. The highest BCUT2D eigenvalue weighted by molar-refractivity contribution is 5.22. The third-order valence-electron chi connectivity index (χ3n) is 2.97. The van der Waals surface area contributed by atoms with E-state index in [0.29, 0.717) is 0 Å². The summed E-state index contributed by atoms with van der Waals surface area (Å²) < 4.78 is 0. The molecule has 0 heterocycles. The van der Waals surface area contributed by atoms with Crippen LogP contribution < -0.4 is 0 Å². The number of aliphatic hydroxyl groups is 2. The Morgan fingerprint density at radius 3 is 1.40 bits per heavy atom. The van der Waals surface area contributed by atoms with Crippen molar-refractivity contribution in [1.29, 1.82) is 0 Å². The maximum absolute atomic E-state index is 8.61. The van der Waals surface area contributed by atoms with E-state index in [1.807, 2.05) is 24.3 Å². The SMILES string of the molecule is Cc1cccc(CCO)c1.Cc1cccc(CCO)c1. The molecule has 0 spiro atoms. The molecule has 2 aromatic carbocycles. The van der Waals surface area contributed by atoms with Crippen molar-refractivity contribution >= 4 is 0 Å². The zero-order valence-corrected chi connectivity index (χ0v) is 12.3. The van der Waals surface area contributed by atoms with Gasteiger partial charge in [0.15, 0.2) is 0 Å². The Labute approximate surface area is 121 Å². The lowest BCUT2D eigenvalue weighted by molar-refractivity contribution is 0.299. The van der Waals surface area contributed by atoms with Gasteiger partial charge in [-0.1, -0.05) is 59.7 Å². The zero-order chi connectivity index (χ0) is 14.8. The van der Waals surface area contributed by atoms with Crippen molar-refractivity contribution in [2.75, 3.05) is 13.2 Å². The minimum Gasteiger partial charge on any atom is -0.396 e. The topological polar surface area (TPSA) is 40.5 Å². The van der Waals surface area contributed by atoms with Gasteiger partial charge >= 0.3 is 0 Å². The molecule has 2 aromatic rings. The number of benzene rings is 2. The van der Waals surface area contributed by atoms with Crippen LogP contribution >= 0.6 is 0 Å². The molecule has 0 aliphatic carbocycles. The average molecular weight is 272 g/mol. The fourth-order valence-corrected chi connectivity index (χ4v) is 1.99. The lowest BCUT2D eigenvalue weighted by atomic mass is 10.1. The second kappa shape index (κ2) is 9.29. The molecule has 2 nitrogen and oxygen atoms in total. The number of aryl methyl sites for hydroxylation is 2. The first kappa shape index (κ1) is 16.4. The molecule has 2 rings (SSSR count). The van der Waals surface area contributed by atoms with E-state index in [4.69, 9.17) is 10.2 Å². The van der Waals surface area contributed by atoms with Crippen LogP contribution in [0.25, 0.3) is 0 Å². The van der Waals surface area contributed by atoms with Crippen LogP contribution in [0.2, 0.25) is 0 Å². The average Bonchev–Trinajstić information content (AvgIpc) is 2.40. The number of aliphatic hydroxyl groups excluding tert-OH is 2. The molecule has 0 bridgehead atoms. The maximum atomic E-state index is 8.61. The molecule has 0 amide bonds. The second-order valence-corrected chi connectivity index (χ2v) is 4.93. The zero-order valence-electron chi connectivity index (χ0n) is 12.3. The second-order valence-electron chi connectivity index (χ2n) is 4.93. The van der Waals surface area contributed by atoms with Gasteiger partial charge in [-0.15, -0.1) is 0 Å². The Morgan fingerprint density at radius 2 is 1.10 bits per heavy atom. The lowest BCUT2D eigenvalue weighted by Crippen LogP contribution is -1.89. The molecular formula is C18H24O2. The van der Waals surface area contributed by atoms with E-state index in [9.17, 15) is 0 Å². The van der Waals surface area contributed by atoms with Gasteiger partial charge < -0.3 is 10.2 Å². The highest BCUT2D eigenvalue weighted by Gasteiger charge is 1.90. The normalized spacial score (nSPS) is 9.80. The van der Waals surface area contributed by atoms with Crippen LogP contribution in [0.5, 0.6) is 0 Å². The molecule has 108 valence electrons. The van der Waals surface area contributed by atoms with Crippen molar-refractivity contribution in [3.63, 3.8) is 0 Å². The summed E-state index contributed by atoms with van der Waals surface area (Å²) in [4.78, 5) is 0. The van der Waals surface area contributed by atoms with Crippen LogP contribution in [-0.2, 0) is 12.8 Å². The molecule has 0 aromatic heterocycles. The van der Waals surface area contributed by atoms with Crippen LogP contribution in [0.3, 0.4) is 0 Å². The Morgan fingerprint density at radius 1 is 0.700 bits per heavy atom. The highest BCUT2D eigenvalue weighted by Crippen LogP contribution is 2.04. The van der Waals surface area contributed by atoms with E-state index >= 15 is 0 Å². The van der Waals surface area contributed by atoms with E-state index in [0.717, 1.165) is 12.8 Å². The van der Waals surface area contributed by atoms with Gasteiger partial charge in [-0.2, -0.15) is 0 Å². The van der Waals surface area contributed by atoms with Gasteiger partial charge in [0, 0.05) is 13.2 Å². The summed E-state index contributed by atoms with van der Waals surface area (Å²) in [7, 11) is 0. The molecular weight excluding hydrogens is 248 g/mol. The first-order valence-corrected chi connectivity index (χ1v) is 6.98. The number of rotatable bonds is 4. The summed E-state index contributed by atoms with van der Waals surface area (Å²) in [5.41, 5.74) is 4.93. The van der Waals surface area contributed by atoms with Gasteiger partial charge in [-0.3, -0.25) is 0 Å². The smallest absolute Gasteiger partial charge is 0.0471 e. The Balaban J connectivity index is 0.000000200. The molecule has 0 unspecified atom stereocenters. The summed E-state index contributed by atoms with van der Waals surface area (Å²) in [6.45, 7) is 4.59. The van der Waals surface area contributed by atoms with E-state index < -0.39 is 0 Å². The first-order chi connectivity index (χ1) is 9.65. The summed E-state index contributed by atoms with van der Waals surface area (Å²) in [5.74, 6) is 0. The summed E-state index contributed by atoms with van der Waals surface area (Å²) in [5, 5.41) is 17.2. The minimum absolute atomic E-state index is 0.240. The predicted molar refractivity (Wildman–Crippen MR) is 83.9 cm³/mol. The number of hydrogen-bond donors (Lipinski definition) is 2. The van der Waals surface area contributed by atoms with Crippen molar-refractivity contribution in [3.05, 3.63) is 70.8 Å². The molecule has 0 atom stereocenters. The van der Waals surface area contributed by atoms with Crippen LogP contribution in [0.1, 0.15) is 22.3 Å². The monoisotopic (exact) mass is 272 g/mol. The predicted octanol–water partition coefficient (Wildman–Crippen LogP) is 3.06. The Kier molecular flexibility index (Phi) is 7.63. The van der Waals surface area contributed by atoms with E-state index in [-0.39, 0.29) is 13.2 Å². The molecule has 0 aliphatic rings. The standard InChI is InChI=1S/2C9H12O/c2*1-8-3-2-4-9(7-8)5-6-10/h2*2-4,7,10H,5-6H2,1H3. The molecule has 20 heavy (non-hydrogen) atoms. The Hall–Kier alpha value is -1.64. The fourth-order valence-electron chi connectivity index (χ4n) is 1.99. The van der Waals surface area contributed by atoms with Gasteiger partial charge in [0.1, 0.15) is 0 Å². The molecule has 2 heteroatoms. The molecule has 0 aliphatic heterocycles. The van der Waals surface area contributed by atoms with Crippen molar-refractivity contribution in [2.45, 2.75) is 26.7 Å². The largest absolute Gasteiger partial charge is 0.396 e.